The molecule has 1 aromatic rings. The summed E-state index contributed by atoms with van der Waals surface area (Å²) < 4.78 is 5.60. The molecule has 0 saturated heterocycles. The van der Waals surface area contributed by atoms with Gasteiger partial charge in [0, 0.05) is 19.1 Å². The lowest BCUT2D eigenvalue weighted by Crippen LogP contribution is -2.39. The molecule has 1 aliphatic heterocycles. The summed E-state index contributed by atoms with van der Waals surface area (Å²) in [6, 6.07) is 5.29. The number of benzene rings is 1. The van der Waals surface area contributed by atoms with Crippen LogP contribution in [0.4, 0.5) is 5.69 Å². The van der Waals surface area contributed by atoms with E-state index < -0.39 is 5.97 Å². The molecule has 21 heavy (non-hydrogen) atoms. The summed E-state index contributed by atoms with van der Waals surface area (Å²) in [7, 11) is 0. The van der Waals surface area contributed by atoms with Crippen molar-refractivity contribution in [3.63, 3.8) is 0 Å². The molecular weight excluding hydrogens is 272 g/mol. The monoisotopic (exact) mass is 292 g/mol. The quantitative estimate of drug-likeness (QED) is 0.865. The number of hydrogen-bond donors (Lipinski definition) is 2. The van der Waals surface area contributed by atoms with Gasteiger partial charge in [0.2, 0.25) is 0 Å². The van der Waals surface area contributed by atoms with Crippen molar-refractivity contribution >= 4 is 17.6 Å². The second kappa shape index (κ2) is 6.47. The number of nitrogens with one attached hydrogen (secondary N) is 1. The zero-order chi connectivity index (χ0) is 15.4. The summed E-state index contributed by atoms with van der Waals surface area (Å²) in [5.74, 6) is -0.567. The summed E-state index contributed by atoms with van der Waals surface area (Å²) in [4.78, 5) is 25.0. The Morgan fingerprint density at radius 1 is 1.43 bits per heavy atom. The van der Waals surface area contributed by atoms with E-state index in [1.165, 1.54) is 0 Å². The Balaban J connectivity index is 2.26. The maximum atomic E-state index is 12.7. The molecule has 0 fully saturated rings. The Bertz CT molecular complexity index is 542. The van der Waals surface area contributed by atoms with E-state index >= 15 is 0 Å². The number of carbonyl (C=O) groups excluding carboxylic acids is 1. The number of carboxylic acid groups (broad SMARTS) is 1. The first-order valence-electron chi connectivity index (χ1n) is 7.03. The van der Waals surface area contributed by atoms with Gasteiger partial charge in [-0.2, -0.15) is 0 Å². The number of fused-ring (bicyclic) bond motifs is 1. The maximum absolute atomic E-state index is 12.7. The minimum Gasteiger partial charge on any atom is -0.489 e. The lowest BCUT2D eigenvalue weighted by atomic mass is 10.1. The molecule has 0 radical (unpaired) electrons. The van der Waals surface area contributed by atoms with Crippen LogP contribution in [-0.2, 0) is 4.79 Å². The van der Waals surface area contributed by atoms with E-state index in [0.29, 0.717) is 24.5 Å². The van der Waals surface area contributed by atoms with Crippen molar-refractivity contribution in [1.82, 2.24) is 4.90 Å². The molecule has 0 aliphatic carbocycles. The van der Waals surface area contributed by atoms with Crippen molar-refractivity contribution in [1.29, 1.82) is 0 Å². The highest BCUT2D eigenvalue weighted by atomic mass is 16.5. The van der Waals surface area contributed by atoms with Gasteiger partial charge in [-0.15, -0.1) is 0 Å². The number of amides is 1. The predicted molar refractivity (Wildman–Crippen MR) is 78.9 cm³/mol. The van der Waals surface area contributed by atoms with Crippen molar-refractivity contribution in [2.45, 2.75) is 26.3 Å². The molecule has 1 heterocycles. The minimum atomic E-state index is -0.915. The fourth-order valence-corrected chi connectivity index (χ4v) is 2.30. The van der Waals surface area contributed by atoms with Crippen LogP contribution in [0.2, 0.25) is 0 Å². The van der Waals surface area contributed by atoms with Crippen LogP contribution in [-0.4, -0.2) is 47.6 Å². The Labute approximate surface area is 123 Å². The number of rotatable bonds is 5. The first-order valence-corrected chi connectivity index (χ1v) is 7.03. The molecule has 0 aromatic heterocycles. The number of para-hydroxylation sites is 1. The minimum absolute atomic E-state index is 0.0714. The number of carboxylic acids is 1. The van der Waals surface area contributed by atoms with Gasteiger partial charge in [0.25, 0.3) is 5.91 Å². The van der Waals surface area contributed by atoms with E-state index in [2.05, 4.69) is 5.32 Å². The molecule has 6 heteroatoms. The van der Waals surface area contributed by atoms with Crippen molar-refractivity contribution in [2.75, 3.05) is 25.0 Å². The van der Waals surface area contributed by atoms with Crippen LogP contribution >= 0.6 is 0 Å². The van der Waals surface area contributed by atoms with Gasteiger partial charge < -0.3 is 20.1 Å². The second-order valence-electron chi connectivity index (χ2n) is 5.19. The molecule has 1 amide bonds. The Morgan fingerprint density at radius 2 is 2.19 bits per heavy atom. The fourth-order valence-electron chi connectivity index (χ4n) is 2.30. The van der Waals surface area contributed by atoms with Crippen LogP contribution in [0.5, 0.6) is 5.75 Å². The predicted octanol–water partition coefficient (Wildman–Crippen LogP) is 1.82. The van der Waals surface area contributed by atoms with Crippen LogP contribution in [0, 0.1) is 0 Å². The third-order valence-electron chi connectivity index (χ3n) is 3.36. The van der Waals surface area contributed by atoms with Gasteiger partial charge in [-0.05, 0) is 26.0 Å². The average Bonchev–Trinajstić information content (AvgIpc) is 2.46. The summed E-state index contributed by atoms with van der Waals surface area (Å²) in [6.07, 6.45) is -0.0714. The molecule has 6 nitrogen and oxygen atoms in total. The van der Waals surface area contributed by atoms with E-state index in [0.717, 1.165) is 5.69 Å². The van der Waals surface area contributed by atoms with Crippen LogP contribution in [0.15, 0.2) is 18.2 Å². The van der Waals surface area contributed by atoms with Crippen LogP contribution in [0.3, 0.4) is 0 Å². The van der Waals surface area contributed by atoms with Gasteiger partial charge in [-0.1, -0.05) is 6.07 Å². The lowest BCUT2D eigenvalue weighted by molar-refractivity contribution is -0.137. The number of carbonyl (C=O) groups is 2. The summed E-state index contributed by atoms with van der Waals surface area (Å²) in [5, 5.41) is 12.0. The highest BCUT2D eigenvalue weighted by Gasteiger charge is 2.25. The molecule has 2 N–H and O–H groups in total. The second-order valence-corrected chi connectivity index (χ2v) is 5.19. The van der Waals surface area contributed by atoms with E-state index in [-0.39, 0.29) is 24.9 Å². The summed E-state index contributed by atoms with van der Waals surface area (Å²) in [6.45, 7) is 5.14. The van der Waals surface area contributed by atoms with E-state index in [9.17, 15) is 9.59 Å². The molecule has 0 saturated carbocycles. The van der Waals surface area contributed by atoms with Gasteiger partial charge in [0.15, 0.2) is 5.75 Å². The first-order chi connectivity index (χ1) is 10.0. The SMILES string of the molecule is CC(C)N(CCC(=O)O)C(=O)c1cccc2c1OCCN2. The number of nitrogens with zero attached hydrogens (tertiary/aromatic N) is 1. The number of anilines is 1. The lowest BCUT2D eigenvalue weighted by Gasteiger charge is -2.28. The number of ether oxygens (including phenoxy) is 1. The Kier molecular flexibility index (Phi) is 4.67. The zero-order valence-corrected chi connectivity index (χ0v) is 12.3. The molecule has 114 valence electrons. The normalized spacial score (nSPS) is 13.1. The summed E-state index contributed by atoms with van der Waals surface area (Å²) in [5.41, 5.74) is 1.27. The molecule has 1 aliphatic rings. The zero-order valence-electron chi connectivity index (χ0n) is 12.3. The molecule has 0 bridgehead atoms. The van der Waals surface area contributed by atoms with Crippen LogP contribution in [0.25, 0.3) is 0 Å². The number of hydrogen-bond acceptors (Lipinski definition) is 4. The van der Waals surface area contributed by atoms with Crippen molar-refractivity contribution in [2.24, 2.45) is 0 Å². The Hall–Kier alpha value is -2.24. The van der Waals surface area contributed by atoms with Gasteiger partial charge >= 0.3 is 5.97 Å². The molecule has 2 rings (SSSR count). The third kappa shape index (κ3) is 3.45. The number of aliphatic carboxylic acids is 1. The highest BCUT2D eigenvalue weighted by Crippen LogP contribution is 2.32. The van der Waals surface area contributed by atoms with E-state index in [4.69, 9.17) is 9.84 Å². The molecule has 0 unspecified atom stereocenters. The standard InChI is InChI=1S/C15H20N2O4/c1-10(2)17(8-6-13(18)19)15(20)11-4-3-5-12-14(11)21-9-7-16-12/h3-5,10,16H,6-9H2,1-2H3,(H,18,19). The molecule has 1 aromatic carbocycles. The summed E-state index contributed by atoms with van der Waals surface area (Å²) >= 11 is 0. The van der Waals surface area contributed by atoms with Crippen molar-refractivity contribution < 1.29 is 19.4 Å². The topological polar surface area (TPSA) is 78.9 Å². The van der Waals surface area contributed by atoms with E-state index in [1.54, 1.807) is 17.0 Å². The Morgan fingerprint density at radius 3 is 2.86 bits per heavy atom. The van der Waals surface area contributed by atoms with Gasteiger partial charge in [0.05, 0.1) is 17.7 Å². The largest absolute Gasteiger partial charge is 0.489 e. The van der Waals surface area contributed by atoms with Crippen molar-refractivity contribution in [3.8, 4) is 5.75 Å². The third-order valence-corrected chi connectivity index (χ3v) is 3.36. The average molecular weight is 292 g/mol. The van der Waals surface area contributed by atoms with Crippen LogP contribution in [0.1, 0.15) is 30.6 Å². The fraction of sp³-hybridized carbons (Fsp3) is 0.467. The van der Waals surface area contributed by atoms with Gasteiger partial charge in [-0.3, -0.25) is 9.59 Å². The van der Waals surface area contributed by atoms with Gasteiger partial charge in [-0.25, -0.2) is 0 Å². The first kappa shape index (κ1) is 15.2. The van der Waals surface area contributed by atoms with Crippen LogP contribution < -0.4 is 10.1 Å². The molecule has 0 atom stereocenters. The highest BCUT2D eigenvalue weighted by molar-refractivity contribution is 5.99. The molecule has 0 spiro atoms. The molecular formula is C15H20N2O4. The van der Waals surface area contributed by atoms with E-state index in [1.807, 2.05) is 19.9 Å². The van der Waals surface area contributed by atoms with Gasteiger partial charge in [0.1, 0.15) is 6.61 Å². The maximum Gasteiger partial charge on any atom is 0.305 e. The van der Waals surface area contributed by atoms with Crippen molar-refractivity contribution in [3.05, 3.63) is 23.8 Å². The smallest absolute Gasteiger partial charge is 0.305 e.